The number of likely N-dealkylation sites (tertiary alicyclic amines) is 1. The van der Waals surface area contributed by atoms with Crippen molar-refractivity contribution in [2.75, 3.05) is 19.7 Å². The molecule has 0 N–H and O–H groups in total. The molecule has 0 aromatic heterocycles. The number of hydrogen-bond acceptors (Lipinski definition) is 2. The smallest absolute Gasteiger partial charge is 0.416 e. The van der Waals surface area contributed by atoms with Crippen molar-refractivity contribution in [3.05, 3.63) is 28.2 Å². The van der Waals surface area contributed by atoms with Crippen LogP contribution in [-0.4, -0.2) is 30.5 Å². The molecule has 1 fully saturated rings. The SMILES string of the molecule is O=C(COc1ccc(C(F)(F)F)cc1Br)N1CCCCC1. The second kappa shape index (κ2) is 6.68. The van der Waals surface area contributed by atoms with Crippen LogP contribution in [0.15, 0.2) is 22.7 Å². The molecule has 2 rings (SSSR count). The summed E-state index contributed by atoms with van der Waals surface area (Å²) < 4.78 is 43.1. The van der Waals surface area contributed by atoms with Crippen LogP contribution >= 0.6 is 15.9 Å². The van der Waals surface area contributed by atoms with E-state index >= 15 is 0 Å². The Kier molecular flexibility index (Phi) is 5.13. The molecule has 116 valence electrons. The predicted octanol–water partition coefficient (Wildman–Crippen LogP) is 3.86. The number of ether oxygens (including phenoxy) is 1. The van der Waals surface area contributed by atoms with Crippen LogP contribution in [0.5, 0.6) is 5.75 Å². The molecule has 1 saturated heterocycles. The molecule has 1 aliphatic heterocycles. The van der Waals surface area contributed by atoms with E-state index in [-0.39, 0.29) is 22.7 Å². The van der Waals surface area contributed by atoms with E-state index < -0.39 is 11.7 Å². The van der Waals surface area contributed by atoms with Gasteiger partial charge in [0.2, 0.25) is 0 Å². The zero-order chi connectivity index (χ0) is 15.5. The van der Waals surface area contributed by atoms with Crippen LogP contribution in [0.2, 0.25) is 0 Å². The summed E-state index contributed by atoms with van der Waals surface area (Å²) in [6.07, 6.45) is -1.31. The van der Waals surface area contributed by atoms with Crippen LogP contribution in [0.1, 0.15) is 24.8 Å². The van der Waals surface area contributed by atoms with E-state index in [9.17, 15) is 18.0 Å². The summed E-state index contributed by atoms with van der Waals surface area (Å²) in [5.74, 6) is 0.0925. The zero-order valence-electron chi connectivity index (χ0n) is 11.3. The standard InChI is InChI=1S/C14H15BrF3NO2/c15-11-8-10(14(16,17)18)4-5-12(11)21-9-13(20)19-6-2-1-3-7-19/h4-5,8H,1-3,6-7,9H2. The van der Waals surface area contributed by atoms with Crippen molar-refractivity contribution in [2.24, 2.45) is 0 Å². The van der Waals surface area contributed by atoms with Gasteiger partial charge in [-0.15, -0.1) is 0 Å². The van der Waals surface area contributed by atoms with Gasteiger partial charge in [0.25, 0.3) is 5.91 Å². The summed E-state index contributed by atoms with van der Waals surface area (Å²) in [6.45, 7) is 1.27. The lowest BCUT2D eigenvalue weighted by atomic mass is 10.1. The van der Waals surface area contributed by atoms with Gasteiger partial charge in [0.1, 0.15) is 5.75 Å². The number of piperidine rings is 1. The lowest BCUT2D eigenvalue weighted by molar-refractivity contribution is -0.138. The van der Waals surface area contributed by atoms with E-state index in [0.717, 1.165) is 44.5 Å². The Bertz CT molecular complexity index is 513. The molecule has 0 radical (unpaired) electrons. The molecule has 3 nitrogen and oxygen atoms in total. The highest BCUT2D eigenvalue weighted by Crippen LogP contribution is 2.34. The number of hydrogen-bond donors (Lipinski definition) is 0. The Morgan fingerprint density at radius 1 is 1.24 bits per heavy atom. The van der Waals surface area contributed by atoms with Crippen molar-refractivity contribution in [3.8, 4) is 5.75 Å². The van der Waals surface area contributed by atoms with Crippen molar-refractivity contribution in [1.82, 2.24) is 4.90 Å². The highest BCUT2D eigenvalue weighted by atomic mass is 79.9. The number of benzene rings is 1. The first-order valence-electron chi connectivity index (χ1n) is 6.65. The van der Waals surface area contributed by atoms with Gasteiger partial charge in [0, 0.05) is 13.1 Å². The zero-order valence-corrected chi connectivity index (χ0v) is 12.8. The Hall–Kier alpha value is -1.24. The van der Waals surface area contributed by atoms with Gasteiger partial charge < -0.3 is 9.64 Å². The van der Waals surface area contributed by atoms with Crippen LogP contribution < -0.4 is 4.74 Å². The van der Waals surface area contributed by atoms with E-state index in [1.165, 1.54) is 6.07 Å². The van der Waals surface area contributed by atoms with Gasteiger partial charge in [-0.05, 0) is 53.4 Å². The molecular formula is C14H15BrF3NO2. The van der Waals surface area contributed by atoms with Gasteiger partial charge in [-0.25, -0.2) is 0 Å². The summed E-state index contributed by atoms with van der Waals surface area (Å²) in [5.41, 5.74) is -0.760. The fraction of sp³-hybridized carbons (Fsp3) is 0.500. The number of rotatable bonds is 3. The molecule has 1 amide bonds. The summed E-state index contributed by atoms with van der Waals surface area (Å²) in [4.78, 5) is 13.6. The normalized spacial score (nSPS) is 15.9. The number of halogens is 4. The molecule has 0 aliphatic carbocycles. The molecule has 1 aromatic rings. The quantitative estimate of drug-likeness (QED) is 0.813. The van der Waals surface area contributed by atoms with Crippen LogP contribution in [-0.2, 0) is 11.0 Å². The average molecular weight is 366 g/mol. The van der Waals surface area contributed by atoms with E-state index in [0.29, 0.717) is 0 Å². The lowest BCUT2D eigenvalue weighted by Crippen LogP contribution is -2.38. The third-order valence-electron chi connectivity index (χ3n) is 3.32. The molecule has 7 heteroatoms. The summed E-state index contributed by atoms with van der Waals surface area (Å²) in [7, 11) is 0. The summed E-state index contributed by atoms with van der Waals surface area (Å²) >= 11 is 3.04. The second-order valence-electron chi connectivity index (χ2n) is 4.87. The molecule has 1 aliphatic rings. The summed E-state index contributed by atoms with van der Waals surface area (Å²) in [6, 6.07) is 3.10. The first-order chi connectivity index (χ1) is 9.88. The maximum Gasteiger partial charge on any atom is 0.416 e. The largest absolute Gasteiger partial charge is 0.483 e. The van der Waals surface area contributed by atoms with Crippen LogP contribution in [0.4, 0.5) is 13.2 Å². The molecule has 1 aromatic carbocycles. The number of nitrogens with zero attached hydrogens (tertiary/aromatic N) is 1. The van der Waals surface area contributed by atoms with Crippen LogP contribution in [0.25, 0.3) is 0 Å². The molecule has 1 heterocycles. The first-order valence-corrected chi connectivity index (χ1v) is 7.44. The molecule has 0 bridgehead atoms. The maximum absolute atomic E-state index is 12.5. The van der Waals surface area contributed by atoms with E-state index in [1.807, 2.05) is 0 Å². The Balaban J connectivity index is 1.95. The Morgan fingerprint density at radius 3 is 2.48 bits per heavy atom. The molecular weight excluding hydrogens is 351 g/mol. The van der Waals surface area contributed by atoms with Crippen molar-refractivity contribution in [2.45, 2.75) is 25.4 Å². The van der Waals surface area contributed by atoms with Gasteiger partial charge in [0.15, 0.2) is 6.61 Å². The fourth-order valence-corrected chi connectivity index (χ4v) is 2.66. The van der Waals surface area contributed by atoms with Crippen molar-refractivity contribution < 1.29 is 22.7 Å². The van der Waals surface area contributed by atoms with Crippen LogP contribution in [0, 0.1) is 0 Å². The lowest BCUT2D eigenvalue weighted by Gasteiger charge is -2.26. The molecule has 0 unspecified atom stereocenters. The highest BCUT2D eigenvalue weighted by molar-refractivity contribution is 9.10. The molecule has 0 atom stereocenters. The average Bonchev–Trinajstić information content (AvgIpc) is 2.45. The first kappa shape index (κ1) is 16.1. The Labute approximate surface area is 129 Å². The minimum Gasteiger partial charge on any atom is -0.483 e. The molecule has 21 heavy (non-hydrogen) atoms. The highest BCUT2D eigenvalue weighted by Gasteiger charge is 2.31. The van der Waals surface area contributed by atoms with E-state index in [2.05, 4.69) is 15.9 Å². The van der Waals surface area contributed by atoms with E-state index in [4.69, 9.17) is 4.74 Å². The molecule has 0 spiro atoms. The number of alkyl halides is 3. The molecule has 0 saturated carbocycles. The maximum atomic E-state index is 12.5. The van der Waals surface area contributed by atoms with Crippen molar-refractivity contribution in [1.29, 1.82) is 0 Å². The second-order valence-corrected chi connectivity index (χ2v) is 5.73. The minimum atomic E-state index is -4.40. The van der Waals surface area contributed by atoms with Gasteiger partial charge >= 0.3 is 6.18 Å². The minimum absolute atomic E-state index is 0.138. The predicted molar refractivity (Wildman–Crippen MR) is 75.1 cm³/mol. The van der Waals surface area contributed by atoms with Gasteiger partial charge in [-0.2, -0.15) is 13.2 Å². The van der Waals surface area contributed by atoms with Crippen LogP contribution in [0.3, 0.4) is 0 Å². The third kappa shape index (κ3) is 4.36. The van der Waals surface area contributed by atoms with E-state index in [1.54, 1.807) is 4.90 Å². The van der Waals surface area contributed by atoms with Gasteiger partial charge in [0.05, 0.1) is 10.0 Å². The Morgan fingerprint density at radius 2 is 1.90 bits per heavy atom. The van der Waals surface area contributed by atoms with Gasteiger partial charge in [-0.1, -0.05) is 0 Å². The number of amides is 1. The topological polar surface area (TPSA) is 29.5 Å². The summed E-state index contributed by atoms with van der Waals surface area (Å²) in [5, 5.41) is 0. The van der Waals surface area contributed by atoms with Gasteiger partial charge in [-0.3, -0.25) is 4.79 Å². The monoisotopic (exact) mass is 365 g/mol. The van der Waals surface area contributed by atoms with Crippen molar-refractivity contribution >= 4 is 21.8 Å². The van der Waals surface area contributed by atoms with Crippen molar-refractivity contribution in [3.63, 3.8) is 0 Å². The number of carbonyl (C=O) groups is 1. The number of carbonyl (C=O) groups excluding carboxylic acids is 1. The fourth-order valence-electron chi connectivity index (χ4n) is 2.17. The third-order valence-corrected chi connectivity index (χ3v) is 3.94.